The zero-order valence-electron chi connectivity index (χ0n) is 15.6. The summed E-state index contributed by atoms with van der Waals surface area (Å²) >= 11 is 5.44. The fraction of sp³-hybridized carbons (Fsp3) is 0.158. The Hall–Kier alpha value is -3.46. The van der Waals surface area contributed by atoms with Gasteiger partial charge < -0.3 is 10.2 Å². The van der Waals surface area contributed by atoms with Crippen LogP contribution in [0.25, 0.3) is 5.69 Å². The van der Waals surface area contributed by atoms with E-state index in [1.54, 1.807) is 40.5 Å². The molecule has 0 aliphatic heterocycles. The quantitative estimate of drug-likeness (QED) is 0.413. The second-order valence-electron chi connectivity index (χ2n) is 6.20. The molecule has 0 fully saturated rings. The molecule has 0 bridgehead atoms. The van der Waals surface area contributed by atoms with Crippen molar-refractivity contribution in [2.24, 2.45) is 7.05 Å². The summed E-state index contributed by atoms with van der Waals surface area (Å²) < 4.78 is 3.32. The lowest BCUT2D eigenvalue weighted by Crippen LogP contribution is -2.33. The molecule has 2 aromatic carbocycles. The Morgan fingerprint density at radius 1 is 1.14 bits per heavy atom. The number of nitro groups is 1. The van der Waals surface area contributed by atoms with Gasteiger partial charge in [0.1, 0.15) is 5.69 Å². The first-order chi connectivity index (χ1) is 13.3. The molecule has 0 saturated carbocycles. The molecular weight excluding hydrogens is 378 g/mol. The van der Waals surface area contributed by atoms with Gasteiger partial charge in [0.25, 0.3) is 11.2 Å². The highest BCUT2D eigenvalue weighted by Gasteiger charge is 2.18. The van der Waals surface area contributed by atoms with Crippen LogP contribution >= 0.6 is 12.2 Å². The summed E-state index contributed by atoms with van der Waals surface area (Å²) in [6.45, 7) is 1.83. The molecule has 9 heteroatoms. The van der Waals surface area contributed by atoms with Gasteiger partial charge in [0.15, 0.2) is 5.11 Å². The number of rotatable bonds is 4. The lowest BCUT2D eigenvalue weighted by molar-refractivity contribution is -0.384. The van der Waals surface area contributed by atoms with Gasteiger partial charge in [-0.1, -0.05) is 18.2 Å². The molecule has 0 radical (unpaired) electrons. The number of thiocarbonyl (C=S) groups is 1. The Morgan fingerprint density at radius 3 is 2.32 bits per heavy atom. The summed E-state index contributed by atoms with van der Waals surface area (Å²) in [6.07, 6.45) is 0. The zero-order valence-corrected chi connectivity index (χ0v) is 16.4. The third-order valence-corrected chi connectivity index (χ3v) is 4.91. The number of benzene rings is 2. The van der Waals surface area contributed by atoms with Crippen molar-refractivity contribution in [3.63, 3.8) is 0 Å². The summed E-state index contributed by atoms with van der Waals surface area (Å²) in [6, 6.07) is 15.3. The lowest BCUT2D eigenvalue weighted by Gasteiger charge is -2.20. The van der Waals surface area contributed by atoms with Crippen LogP contribution in [-0.2, 0) is 7.05 Å². The first kappa shape index (κ1) is 19.3. The molecule has 3 rings (SSSR count). The molecule has 144 valence electrons. The van der Waals surface area contributed by atoms with E-state index in [0.29, 0.717) is 16.5 Å². The predicted octanol–water partition coefficient (Wildman–Crippen LogP) is 3.23. The van der Waals surface area contributed by atoms with Gasteiger partial charge in [-0.2, -0.15) is 0 Å². The van der Waals surface area contributed by atoms with Gasteiger partial charge in [-0.25, -0.2) is 4.68 Å². The number of nitrogens with zero attached hydrogens (tertiary/aromatic N) is 4. The molecule has 1 N–H and O–H groups in total. The molecule has 28 heavy (non-hydrogen) atoms. The number of aromatic nitrogens is 2. The maximum Gasteiger partial charge on any atom is 0.295 e. The van der Waals surface area contributed by atoms with Gasteiger partial charge in [0.05, 0.1) is 16.3 Å². The normalized spacial score (nSPS) is 10.5. The Kier molecular flexibility index (Phi) is 5.27. The number of nitro benzene ring substituents is 1. The van der Waals surface area contributed by atoms with Crippen LogP contribution in [0.3, 0.4) is 0 Å². The van der Waals surface area contributed by atoms with E-state index >= 15 is 0 Å². The molecule has 0 saturated heterocycles. The van der Waals surface area contributed by atoms with Crippen LogP contribution in [0.1, 0.15) is 5.69 Å². The van der Waals surface area contributed by atoms with E-state index in [4.69, 9.17) is 12.2 Å². The summed E-state index contributed by atoms with van der Waals surface area (Å²) in [5, 5.41) is 14.1. The van der Waals surface area contributed by atoms with Crippen LogP contribution in [0.2, 0.25) is 0 Å². The van der Waals surface area contributed by atoms with E-state index in [-0.39, 0.29) is 11.2 Å². The molecule has 0 atom stereocenters. The lowest BCUT2D eigenvalue weighted by atomic mass is 10.2. The molecule has 1 aromatic heterocycles. The van der Waals surface area contributed by atoms with Crippen LogP contribution < -0.4 is 15.8 Å². The molecular formula is C19H19N5O3S. The fourth-order valence-corrected chi connectivity index (χ4v) is 3.03. The maximum absolute atomic E-state index is 13.0. The maximum atomic E-state index is 13.0. The highest BCUT2D eigenvalue weighted by Crippen LogP contribution is 2.20. The van der Waals surface area contributed by atoms with E-state index in [0.717, 1.165) is 11.4 Å². The molecule has 1 heterocycles. The summed E-state index contributed by atoms with van der Waals surface area (Å²) in [5.74, 6) is 0. The van der Waals surface area contributed by atoms with Crippen molar-refractivity contribution in [1.29, 1.82) is 0 Å². The molecule has 8 nitrogen and oxygen atoms in total. The highest BCUT2D eigenvalue weighted by molar-refractivity contribution is 7.80. The second kappa shape index (κ2) is 7.65. The third kappa shape index (κ3) is 3.52. The van der Waals surface area contributed by atoms with E-state index in [9.17, 15) is 14.9 Å². The van der Waals surface area contributed by atoms with Crippen molar-refractivity contribution in [3.05, 3.63) is 80.8 Å². The number of para-hydroxylation sites is 1. The standard InChI is InChI=1S/C19H19N5O3S/c1-13-17(18(25)23(22(13)3)15-7-5-4-6-8-15)20-19(28)21(2)14-9-11-16(12-10-14)24(26)27/h4-12H,1-3H3,(H,20,28). The van der Waals surface area contributed by atoms with E-state index < -0.39 is 4.92 Å². The average molecular weight is 397 g/mol. The Labute approximate surface area is 166 Å². The van der Waals surface area contributed by atoms with Crippen molar-refractivity contribution in [3.8, 4) is 5.69 Å². The van der Waals surface area contributed by atoms with Crippen molar-refractivity contribution >= 4 is 34.4 Å². The van der Waals surface area contributed by atoms with Crippen molar-refractivity contribution in [2.75, 3.05) is 17.3 Å². The van der Waals surface area contributed by atoms with Gasteiger partial charge in [-0.3, -0.25) is 19.6 Å². The third-order valence-electron chi connectivity index (χ3n) is 4.54. The van der Waals surface area contributed by atoms with Gasteiger partial charge in [0.2, 0.25) is 0 Å². The van der Waals surface area contributed by atoms with Gasteiger partial charge in [-0.15, -0.1) is 0 Å². The van der Waals surface area contributed by atoms with Crippen LogP contribution in [0.5, 0.6) is 0 Å². The smallest absolute Gasteiger partial charge is 0.295 e. The molecule has 0 aliphatic rings. The minimum Gasteiger partial charge on any atom is -0.326 e. The van der Waals surface area contributed by atoms with Crippen LogP contribution in [0, 0.1) is 17.0 Å². The Morgan fingerprint density at radius 2 is 1.75 bits per heavy atom. The summed E-state index contributed by atoms with van der Waals surface area (Å²) in [4.78, 5) is 24.9. The minimum atomic E-state index is -0.459. The van der Waals surface area contributed by atoms with Crippen LogP contribution in [0.15, 0.2) is 59.4 Å². The molecule has 0 spiro atoms. The SMILES string of the molecule is Cc1c(NC(=S)N(C)c2ccc([N+](=O)[O-])cc2)c(=O)n(-c2ccccc2)n1C. The first-order valence-corrected chi connectivity index (χ1v) is 8.85. The second-order valence-corrected chi connectivity index (χ2v) is 6.59. The highest BCUT2D eigenvalue weighted by atomic mass is 32.1. The first-order valence-electron chi connectivity index (χ1n) is 8.44. The number of anilines is 2. The molecule has 3 aromatic rings. The van der Waals surface area contributed by atoms with Crippen LogP contribution in [0.4, 0.5) is 17.1 Å². The van der Waals surface area contributed by atoms with Crippen molar-refractivity contribution < 1.29 is 4.92 Å². The summed E-state index contributed by atoms with van der Waals surface area (Å²) in [7, 11) is 3.53. The fourth-order valence-electron chi connectivity index (χ4n) is 2.82. The Balaban J connectivity index is 1.88. The number of hydrogen-bond donors (Lipinski definition) is 1. The predicted molar refractivity (Wildman–Crippen MR) is 113 cm³/mol. The topological polar surface area (TPSA) is 85.3 Å². The monoisotopic (exact) mass is 397 g/mol. The van der Waals surface area contributed by atoms with Crippen LogP contribution in [-0.4, -0.2) is 26.4 Å². The van der Waals surface area contributed by atoms with Gasteiger partial charge in [0, 0.05) is 31.9 Å². The van der Waals surface area contributed by atoms with Gasteiger partial charge >= 0.3 is 0 Å². The average Bonchev–Trinajstić information content (AvgIpc) is 2.91. The summed E-state index contributed by atoms with van der Waals surface area (Å²) in [5.41, 5.74) is 2.31. The van der Waals surface area contributed by atoms with E-state index in [2.05, 4.69) is 5.32 Å². The number of hydrogen-bond acceptors (Lipinski definition) is 4. The minimum absolute atomic E-state index is 0.000628. The largest absolute Gasteiger partial charge is 0.326 e. The molecule has 0 amide bonds. The van der Waals surface area contributed by atoms with E-state index in [1.807, 2.05) is 37.3 Å². The van der Waals surface area contributed by atoms with Gasteiger partial charge in [-0.05, 0) is 43.4 Å². The zero-order chi connectivity index (χ0) is 20.4. The van der Waals surface area contributed by atoms with E-state index in [1.165, 1.54) is 12.1 Å². The Bertz CT molecular complexity index is 1090. The number of non-ortho nitro benzene ring substituents is 1. The van der Waals surface area contributed by atoms with Crippen molar-refractivity contribution in [1.82, 2.24) is 9.36 Å². The number of nitrogens with one attached hydrogen (secondary N) is 1. The van der Waals surface area contributed by atoms with Crippen molar-refractivity contribution in [2.45, 2.75) is 6.92 Å². The molecule has 0 aliphatic carbocycles. The molecule has 0 unspecified atom stereocenters.